The molecule has 0 unspecified atom stereocenters. The summed E-state index contributed by atoms with van der Waals surface area (Å²) in [5, 5.41) is 18.8. The molecule has 0 spiro atoms. The summed E-state index contributed by atoms with van der Waals surface area (Å²) < 4.78 is 126. The van der Waals surface area contributed by atoms with Gasteiger partial charge in [0.25, 0.3) is 0 Å². The second kappa shape index (κ2) is 20.7. The molecule has 0 aromatic carbocycles. The van der Waals surface area contributed by atoms with Crippen molar-refractivity contribution >= 4 is 20.0 Å². The Morgan fingerprint density at radius 1 is 0.708 bits per heavy atom. The Labute approximate surface area is 408 Å². The van der Waals surface area contributed by atoms with Crippen molar-refractivity contribution in [2.24, 2.45) is 10.8 Å². The summed E-state index contributed by atoms with van der Waals surface area (Å²) in [5.74, 6) is -3.61. The van der Waals surface area contributed by atoms with E-state index >= 15 is 4.39 Å². The fourth-order valence-corrected chi connectivity index (χ4v) is 8.53. The van der Waals surface area contributed by atoms with Crippen LogP contribution in [-0.2, 0) is 33.4 Å². The molecule has 384 valence electrons. The Morgan fingerprint density at radius 2 is 1.21 bits per heavy atom. The van der Waals surface area contributed by atoms with Gasteiger partial charge in [0, 0.05) is 80.1 Å². The van der Waals surface area contributed by atoms with E-state index in [0.29, 0.717) is 71.9 Å². The second-order valence-electron chi connectivity index (χ2n) is 19.1. The zero-order valence-electron chi connectivity index (χ0n) is 39.6. The van der Waals surface area contributed by atoms with Gasteiger partial charge in [-0.2, -0.15) is 26.3 Å². The number of pyridine rings is 4. The monoisotopic (exact) mass is 1030 g/mol. The van der Waals surface area contributed by atoms with Crippen LogP contribution in [0.5, 0.6) is 11.8 Å². The number of carbonyl (C=O) groups is 2. The van der Waals surface area contributed by atoms with Gasteiger partial charge >= 0.3 is 24.3 Å². The zero-order chi connectivity index (χ0) is 52.4. The van der Waals surface area contributed by atoms with E-state index in [1.807, 2.05) is 4.98 Å². The predicted octanol–water partition coefficient (Wildman–Crippen LogP) is 11.1. The highest BCUT2D eigenvalue weighted by molar-refractivity contribution is 6.76. The number of aliphatic carboxylic acids is 2. The Hall–Kier alpha value is -6.82. The van der Waals surface area contributed by atoms with E-state index in [2.05, 4.69) is 49.5 Å². The molecule has 6 aromatic rings. The molecule has 3 N–H and O–H groups in total. The molecule has 0 aliphatic heterocycles. The maximum Gasteiger partial charge on any atom is 0.434 e. The van der Waals surface area contributed by atoms with Crippen LogP contribution >= 0.6 is 0 Å². The van der Waals surface area contributed by atoms with Crippen LogP contribution in [0.25, 0.3) is 45.3 Å². The number of carboxylic acid groups (broad SMARTS) is 2. The zero-order valence-corrected chi connectivity index (χ0v) is 40.6. The molecule has 2 aliphatic rings. The summed E-state index contributed by atoms with van der Waals surface area (Å²) >= 11 is 0. The van der Waals surface area contributed by atoms with E-state index in [0.717, 1.165) is 35.7 Å². The number of halogens is 8. The van der Waals surface area contributed by atoms with Crippen molar-refractivity contribution in [2.75, 3.05) is 19.8 Å². The van der Waals surface area contributed by atoms with Crippen molar-refractivity contribution in [3.05, 3.63) is 95.6 Å². The highest BCUT2D eigenvalue weighted by Gasteiger charge is 2.46. The van der Waals surface area contributed by atoms with E-state index in [-0.39, 0.29) is 54.7 Å². The summed E-state index contributed by atoms with van der Waals surface area (Å²) in [5.41, 5.74) is -1.55. The lowest BCUT2D eigenvalue weighted by Crippen LogP contribution is -2.43. The average molecular weight is 1030 g/mol. The summed E-state index contributed by atoms with van der Waals surface area (Å²) in [6.07, 6.45) is 1.46. The lowest BCUT2D eigenvalue weighted by Gasteiger charge is -2.36. The van der Waals surface area contributed by atoms with Crippen LogP contribution < -0.4 is 9.47 Å². The van der Waals surface area contributed by atoms with Crippen molar-refractivity contribution in [1.29, 1.82) is 0 Å². The van der Waals surface area contributed by atoms with Crippen molar-refractivity contribution in [3.8, 4) is 57.1 Å². The third-order valence-corrected chi connectivity index (χ3v) is 14.3. The maximum absolute atomic E-state index is 15.3. The molecule has 0 bridgehead atoms. The minimum Gasteiger partial charge on any atom is -0.481 e. The predicted molar refractivity (Wildman–Crippen MR) is 246 cm³/mol. The van der Waals surface area contributed by atoms with Crippen molar-refractivity contribution in [3.63, 3.8) is 0 Å². The molecule has 0 atom stereocenters. The van der Waals surface area contributed by atoms with Crippen LogP contribution in [0, 0.1) is 36.3 Å². The van der Waals surface area contributed by atoms with Crippen LogP contribution in [0.15, 0.2) is 61.4 Å². The molecular weight excluding hydrogens is 981 g/mol. The standard InChI is InChI=1S/C27H32F4N4O4Si.C21H18F4N4O3/c1-17-10-22(39-15-26(25(36)37)6-5-7-26)32-13-19(17)18-11-20(28)23(33-12-18)24-34-21(27(29,30)31)14-35(24)16-38-8-9-40(2,3)4;1-11-5-16(32-10-20(19(30)31)3-2-4-20)26-8-13(11)12-6-14(22)17(27-7-12)18-28-9-15(29-18)21(23,24)25/h10-14H,5-9,15-16H2,1-4H3,(H,36,37);5-9H,2-4,10H2,1H3,(H,28,29)(H,30,31). The highest BCUT2D eigenvalue weighted by atomic mass is 28.3. The van der Waals surface area contributed by atoms with Crippen LogP contribution in [0.3, 0.4) is 0 Å². The molecule has 6 aromatic heterocycles. The Morgan fingerprint density at radius 3 is 1.60 bits per heavy atom. The van der Waals surface area contributed by atoms with Crippen LogP contribution in [-0.4, -0.2) is 89.5 Å². The number of nitrogens with zero attached hydrogens (tertiary/aromatic N) is 7. The number of hydrogen-bond acceptors (Lipinski definition) is 11. The van der Waals surface area contributed by atoms with Gasteiger partial charge in [-0.05, 0) is 68.8 Å². The van der Waals surface area contributed by atoms with Crippen molar-refractivity contribution < 1.29 is 69.1 Å². The molecule has 2 saturated carbocycles. The number of alkyl halides is 6. The molecule has 0 amide bonds. The van der Waals surface area contributed by atoms with E-state index in [4.69, 9.17) is 14.2 Å². The van der Waals surface area contributed by atoms with E-state index in [1.54, 1.807) is 26.0 Å². The molecule has 24 heteroatoms. The molecule has 2 aliphatic carbocycles. The minimum atomic E-state index is -4.72. The summed E-state index contributed by atoms with van der Waals surface area (Å²) in [4.78, 5) is 48.7. The quantitative estimate of drug-likeness (QED) is 0.0443. The van der Waals surface area contributed by atoms with Crippen LogP contribution in [0.4, 0.5) is 35.1 Å². The van der Waals surface area contributed by atoms with Gasteiger partial charge in [0.2, 0.25) is 11.8 Å². The number of hydrogen-bond donors (Lipinski definition) is 3. The number of aromatic amines is 1. The second-order valence-corrected chi connectivity index (χ2v) is 24.8. The summed E-state index contributed by atoms with van der Waals surface area (Å²) in [6.45, 7) is 10.1. The summed E-state index contributed by atoms with van der Waals surface area (Å²) in [6, 6.07) is 6.35. The average Bonchev–Trinajstić information content (AvgIpc) is 3.93. The molecule has 6 heterocycles. The van der Waals surface area contributed by atoms with Gasteiger partial charge in [-0.3, -0.25) is 9.59 Å². The topological polar surface area (TPSA) is 200 Å². The number of carboxylic acids is 2. The number of rotatable bonds is 17. The minimum absolute atomic E-state index is 0.00736. The number of imidazole rings is 2. The molecule has 15 nitrogen and oxygen atoms in total. The fourth-order valence-electron chi connectivity index (χ4n) is 7.77. The first-order valence-corrected chi connectivity index (χ1v) is 26.3. The Kier molecular flexibility index (Phi) is 15.3. The normalized spacial score (nSPS) is 15.2. The lowest BCUT2D eigenvalue weighted by molar-refractivity contribution is -0.158. The van der Waals surface area contributed by atoms with Gasteiger partial charge < -0.3 is 34.0 Å². The Balaban J connectivity index is 0.000000216. The number of H-pyrrole nitrogens is 1. The molecule has 8 rings (SSSR count). The molecular formula is C48H50F8N8O7Si. The first-order valence-electron chi connectivity index (χ1n) is 22.6. The van der Waals surface area contributed by atoms with Gasteiger partial charge in [0.05, 0.1) is 6.20 Å². The van der Waals surface area contributed by atoms with Crippen LogP contribution in [0.2, 0.25) is 25.7 Å². The largest absolute Gasteiger partial charge is 0.481 e. The first kappa shape index (κ1) is 53.0. The molecule has 0 saturated heterocycles. The third kappa shape index (κ3) is 12.1. The van der Waals surface area contributed by atoms with Gasteiger partial charge in [0.1, 0.15) is 47.9 Å². The highest BCUT2D eigenvalue weighted by Crippen LogP contribution is 2.43. The third-order valence-electron chi connectivity index (χ3n) is 12.6. The van der Waals surface area contributed by atoms with E-state index < -0.39 is 66.2 Å². The Bertz CT molecular complexity index is 2950. The fraction of sp³-hybridized carbons (Fsp3) is 0.417. The smallest absolute Gasteiger partial charge is 0.434 e. The van der Waals surface area contributed by atoms with Gasteiger partial charge in [-0.25, -0.2) is 38.7 Å². The number of aryl methyl sites for hydroxylation is 2. The van der Waals surface area contributed by atoms with Gasteiger partial charge in [0.15, 0.2) is 29.0 Å². The first-order chi connectivity index (χ1) is 33.8. The SMILES string of the molecule is Cc1cc(OCC2(C(=O)O)CCC2)ncc1-c1cnc(-c2nc(C(F)(F)F)cn2COCC[Si](C)(C)C)c(F)c1.Cc1cc(OCC2(C(=O)O)CCC2)ncc1-c1cnc(-c2ncc(C(F)(F)F)[nH]2)c(F)c1. The molecule has 0 radical (unpaired) electrons. The van der Waals surface area contributed by atoms with E-state index in [9.17, 15) is 50.5 Å². The van der Waals surface area contributed by atoms with Gasteiger partial charge in [-0.15, -0.1) is 0 Å². The maximum atomic E-state index is 15.3. The van der Waals surface area contributed by atoms with E-state index in [1.165, 1.54) is 30.9 Å². The van der Waals surface area contributed by atoms with Gasteiger partial charge in [-0.1, -0.05) is 32.5 Å². The molecule has 2 fully saturated rings. The van der Waals surface area contributed by atoms with Crippen molar-refractivity contribution in [1.82, 2.24) is 39.5 Å². The van der Waals surface area contributed by atoms with Crippen molar-refractivity contribution in [2.45, 2.75) is 97.1 Å². The summed E-state index contributed by atoms with van der Waals surface area (Å²) in [7, 11) is -1.41. The number of aromatic nitrogens is 8. The molecule has 72 heavy (non-hydrogen) atoms. The lowest BCUT2D eigenvalue weighted by atomic mass is 9.69. The number of ether oxygens (including phenoxy) is 3. The number of nitrogens with one attached hydrogen (secondary N) is 1. The van der Waals surface area contributed by atoms with Crippen LogP contribution in [0.1, 0.15) is 61.0 Å².